The van der Waals surface area contributed by atoms with E-state index in [0.717, 1.165) is 38.5 Å². The van der Waals surface area contributed by atoms with Gasteiger partial charge in [0.25, 0.3) is 0 Å². The maximum atomic E-state index is 10.8. The van der Waals surface area contributed by atoms with Crippen molar-refractivity contribution in [1.29, 1.82) is 0 Å². The molecule has 210 valence electrons. The first-order valence-electron chi connectivity index (χ1n) is 13.0. The van der Waals surface area contributed by atoms with E-state index in [1.165, 1.54) is 25.7 Å². The van der Waals surface area contributed by atoms with Crippen LogP contribution in [0, 0.1) is 12.3 Å². The Morgan fingerprint density at radius 3 is 1.81 bits per heavy atom. The molecule has 2 aliphatic rings. The number of aliphatic hydroxyl groups is 7. The lowest BCUT2D eigenvalue weighted by molar-refractivity contribution is -0.357. The lowest BCUT2D eigenvalue weighted by Gasteiger charge is -2.46. The van der Waals surface area contributed by atoms with Crippen LogP contribution < -0.4 is 0 Å². The number of hydrogen-bond acceptors (Lipinski definition) is 11. The minimum atomic E-state index is -1.73. The molecule has 7 N–H and O–H groups in total. The highest BCUT2D eigenvalue weighted by Gasteiger charge is 2.50. The molecule has 11 heteroatoms. The first-order valence-corrected chi connectivity index (χ1v) is 13.0. The average Bonchev–Trinajstić information content (AvgIpc) is 2.87. The van der Waals surface area contributed by atoms with Crippen molar-refractivity contribution in [1.82, 2.24) is 0 Å². The summed E-state index contributed by atoms with van der Waals surface area (Å²) in [6.07, 6.45) is 1.53. The van der Waals surface area contributed by atoms with Gasteiger partial charge in [0.05, 0.1) is 13.2 Å². The van der Waals surface area contributed by atoms with Crippen LogP contribution in [-0.2, 0) is 18.9 Å². The molecular formula is C25H44O11. The summed E-state index contributed by atoms with van der Waals surface area (Å²) in [5.74, 6) is 2.65. The van der Waals surface area contributed by atoms with Gasteiger partial charge in [0.15, 0.2) is 12.6 Å². The summed E-state index contributed by atoms with van der Waals surface area (Å²) in [5, 5.41) is 70.2. The molecule has 11 nitrogen and oxygen atoms in total. The lowest BCUT2D eigenvalue weighted by atomic mass is 9.97. The van der Waals surface area contributed by atoms with Gasteiger partial charge in [-0.15, -0.1) is 12.3 Å². The van der Waals surface area contributed by atoms with E-state index in [9.17, 15) is 35.7 Å². The van der Waals surface area contributed by atoms with Gasteiger partial charge in [0.1, 0.15) is 48.8 Å². The summed E-state index contributed by atoms with van der Waals surface area (Å²) in [5.41, 5.74) is 0. The Bertz CT molecular complexity index is 628. The third-order valence-electron chi connectivity index (χ3n) is 6.73. The lowest BCUT2D eigenvalue weighted by Crippen LogP contribution is -2.64. The third-order valence-corrected chi connectivity index (χ3v) is 6.73. The van der Waals surface area contributed by atoms with Gasteiger partial charge in [-0.1, -0.05) is 44.9 Å². The minimum Gasteiger partial charge on any atom is -0.394 e. The molecule has 0 radical (unpaired) electrons. The summed E-state index contributed by atoms with van der Waals surface area (Å²) in [4.78, 5) is 0. The normalized spacial score (nSPS) is 37.1. The smallest absolute Gasteiger partial charge is 0.187 e. The average molecular weight is 521 g/mol. The molecule has 2 fully saturated rings. The molecule has 0 aromatic heterocycles. The molecular weight excluding hydrogens is 476 g/mol. The van der Waals surface area contributed by atoms with Crippen molar-refractivity contribution in [3.63, 3.8) is 0 Å². The summed E-state index contributed by atoms with van der Waals surface area (Å²) >= 11 is 0. The van der Waals surface area contributed by atoms with E-state index in [-0.39, 0.29) is 6.61 Å². The highest BCUT2D eigenvalue weighted by molar-refractivity contribution is 4.94. The highest BCUT2D eigenvalue weighted by Crippen LogP contribution is 2.29. The van der Waals surface area contributed by atoms with Crippen molar-refractivity contribution in [2.45, 2.75) is 126 Å². The number of terminal acetylenes is 1. The Hall–Kier alpha value is -0.880. The van der Waals surface area contributed by atoms with Crippen LogP contribution in [0.5, 0.6) is 0 Å². The van der Waals surface area contributed by atoms with Crippen molar-refractivity contribution in [2.24, 2.45) is 0 Å². The maximum absolute atomic E-state index is 10.8. The van der Waals surface area contributed by atoms with E-state index in [4.69, 9.17) is 25.4 Å². The van der Waals surface area contributed by atoms with Gasteiger partial charge in [-0.05, 0) is 12.8 Å². The number of hydrogen-bond donors (Lipinski definition) is 7. The second-order valence-corrected chi connectivity index (χ2v) is 9.51. The summed E-state index contributed by atoms with van der Waals surface area (Å²) in [6.45, 7) is -0.952. The predicted octanol–water partition coefficient (Wildman–Crippen LogP) is -0.839. The first-order chi connectivity index (χ1) is 17.3. The molecule has 0 unspecified atom stereocenters. The molecule has 0 saturated carbocycles. The Morgan fingerprint density at radius 1 is 0.639 bits per heavy atom. The standard InChI is InChI=1S/C25H44O11/c1-2-3-4-5-6-7-8-9-10-11-12-13-33-23-18(28)16(14-26)35-25(21(23)31)36-22-17(15-27)34-24(32)20(30)19(22)29/h1,16-32H,3-15H2/t16-,17-,18-,19-,20-,21-,22-,23+,24+,25-/m1/s1. The second-order valence-electron chi connectivity index (χ2n) is 9.51. The highest BCUT2D eigenvalue weighted by atomic mass is 16.7. The van der Waals surface area contributed by atoms with Gasteiger partial charge in [0.2, 0.25) is 0 Å². The van der Waals surface area contributed by atoms with Crippen molar-refractivity contribution in [3.05, 3.63) is 0 Å². The second kappa shape index (κ2) is 16.9. The molecule has 0 amide bonds. The molecule has 10 atom stereocenters. The van der Waals surface area contributed by atoms with Crippen molar-refractivity contribution >= 4 is 0 Å². The van der Waals surface area contributed by atoms with Crippen LogP contribution in [0.1, 0.15) is 64.2 Å². The fraction of sp³-hybridized carbons (Fsp3) is 0.920. The third kappa shape index (κ3) is 9.15. The number of unbranched alkanes of at least 4 members (excludes halogenated alkanes) is 9. The number of rotatable bonds is 16. The molecule has 2 heterocycles. The van der Waals surface area contributed by atoms with E-state index in [2.05, 4.69) is 5.92 Å². The molecule has 2 aliphatic heterocycles. The first kappa shape index (κ1) is 31.3. The number of ether oxygens (including phenoxy) is 4. The van der Waals surface area contributed by atoms with Gasteiger partial charge in [-0.25, -0.2) is 0 Å². The van der Waals surface area contributed by atoms with Gasteiger partial charge >= 0.3 is 0 Å². The number of aliphatic hydroxyl groups excluding tert-OH is 7. The Balaban J connectivity index is 1.78. The topological polar surface area (TPSA) is 179 Å². The van der Waals surface area contributed by atoms with E-state index in [1.54, 1.807) is 0 Å². The molecule has 0 aromatic carbocycles. The fourth-order valence-corrected chi connectivity index (χ4v) is 4.54. The van der Waals surface area contributed by atoms with Gasteiger partial charge < -0.3 is 54.7 Å². The van der Waals surface area contributed by atoms with Gasteiger partial charge in [-0.3, -0.25) is 0 Å². The SMILES string of the molecule is C#CCCCCCCCCCCCO[C@@H]1[C@@H](O)[C@@H](O[C@H]2[C@H](O)[C@@H](O)[C@@H](O)O[C@@H]2CO)O[C@H](CO)[C@H]1O. The molecule has 0 spiro atoms. The Morgan fingerprint density at radius 2 is 1.22 bits per heavy atom. The largest absolute Gasteiger partial charge is 0.394 e. The van der Waals surface area contributed by atoms with E-state index in [1.807, 2.05) is 0 Å². The van der Waals surface area contributed by atoms with Crippen LogP contribution in [0.15, 0.2) is 0 Å². The molecule has 0 bridgehead atoms. The maximum Gasteiger partial charge on any atom is 0.187 e. The zero-order chi connectivity index (χ0) is 26.5. The van der Waals surface area contributed by atoms with Crippen LogP contribution >= 0.6 is 0 Å². The quantitative estimate of drug-likeness (QED) is 0.0997. The van der Waals surface area contributed by atoms with Gasteiger partial charge in [-0.2, -0.15) is 0 Å². The summed E-state index contributed by atoms with van der Waals surface area (Å²) in [7, 11) is 0. The van der Waals surface area contributed by atoms with Crippen molar-refractivity contribution in [2.75, 3.05) is 19.8 Å². The fourth-order valence-electron chi connectivity index (χ4n) is 4.54. The minimum absolute atomic E-state index is 0.273. The molecule has 36 heavy (non-hydrogen) atoms. The Labute approximate surface area is 212 Å². The van der Waals surface area contributed by atoms with Gasteiger partial charge in [0, 0.05) is 13.0 Å². The van der Waals surface area contributed by atoms with Crippen LogP contribution in [0.4, 0.5) is 0 Å². The van der Waals surface area contributed by atoms with Crippen molar-refractivity contribution < 1.29 is 54.7 Å². The van der Waals surface area contributed by atoms with Crippen LogP contribution in [-0.4, -0.2) is 117 Å². The monoisotopic (exact) mass is 520 g/mol. The van der Waals surface area contributed by atoms with E-state index < -0.39 is 74.6 Å². The van der Waals surface area contributed by atoms with E-state index in [0.29, 0.717) is 0 Å². The van der Waals surface area contributed by atoms with E-state index >= 15 is 0 Å². The zero-order valence-electron chi connectivity index (χ0n) is 20.8. The van der Waals surface area contributed by atoms with Crippen molar-refractivity contribution in [3.8, 4) is 12.3 Å². The van der Waals surface area contributed by atoms with Crippen LogP contribution in [0.3, 0.4) is 0 Å². The zero-order valence-corrected chi connectivity index (χ0v) is 20.8. The molecule has 2 saturated heterocycles. The van der Waals surface area contributed by atoms with Crippen LogP contribution in [0.2, 0.25) is 0 Å². The van der Waals surface area contributed by atoms with Crippen LogP contribution in [0.25, 0.3) is 0 Å². The summed E-state index contributed by atoms with van der Waals surface area (Å²) < 4.78 is 21.9. The summed E-state index contributed by atoms with van der Waals surface area (Å²) in [6, 6.07) is 0. The Kier molecular flexibility index (Phi) is 14.7. The predicted molar refractivity (Wildman–Crippen MR) is 127 cm³/mol. The molecule has 0 aromatic rings. The molecule has 2 rings (SSSR count). The molecule has 0 aliphatic carbocycles.